The molecule has 4 rings (SSSR count). The standard InChI is InChI=1S/C22H22N4O4/c1-30-18-10-6-5-9-15(18)16-13-17(25-24-16)19-20(27)23-22(29)26(21(19)28)12-11-14-7-3-2-4-8-14/h2-10,16,24,28H,11-13H2,1H3,(H,23,27,29)/t16-/m0/s1. The summed E-state index contributed by atoms with van der Waals surface area (Å²) in [6, 6.07) is 16.9. The predicted molar refractivity (Wildman–Crippen MR) is 113 cm³/mol. The van der Waals surface area contributed by atoms with E-state index in [0.29, 0.717) is 24.3 Å². The van der Waals surface area contributed by atoms with E-state index in [1.807, 2.05) is 54.6 Å². The second-order valence-electron chi connectivity index (χ2n) is 7.03. The van der Waals surface area contributed by atoms with Crippen LogP contribution < -0.4 is 21.4 Å². The summed E-state index contributed by atoms with van der Waals surface area (Å²) in [5, 5.41) is 15.0. The van der Waals surface area contributed by atoms with Crippen LogP contribution >= 0.6 is 0 Å². The maximum atomic E-state index is 12.5. The highest BCUT2D eigenvalue weighted by Gasteiger charge is 2.28. The molecule has 3 aromatic rings. The van der Waals surface area contributed by atoms with Gasteiger partial charge in [0.2, 0.25) is 5.88 Å². The van der Waals surface area contributed by atoms with Gasteiger partial charge in [-0.3, -0.25) is 14.3 Å². The minimum absolute atomic E-state index is 0.00700. The van der Waals surface area contributed by atoms with Gasteiger partial charge in [0, 0.05) is 18.5 Å². The summed E-state index contributed by atoms with van der Waals surface area (Å²) in [7, 11) is 1.59. The molecule has 0 saturated heterocycles. The van der Waals surface area contributed by atoms with Crippen LogP contribution in [0.5, 0.6) is 11.6 Å². The van der Waals surface area contributed by atoms with Gasteiger partial charge in [-0.15, -0.1) is 0 Å². The van der Waals surface area contributed by atoms with Gasteiger partial charge in [-0.25, -0.2) is 4.79 Å². The van der Waals surface area contributed by atoms with Crippen LogP contribution in [0.15, 0.2) is 69.3 Å². The summed E-state index contributed by atoms with van der Waals surface area (Å²) in [5.74, 6) is 0.332. The molecule has 3 N–H and O–H groups in total. The molecule has 154 valence electrons. The topological polar surface area (TPSA) is 109 Å². The van der Waals surface area contributed by atoms with E-state index in [1.54, 1.807) is 7.11 Å². The normalized spacial score (nSPS) is 15.5. The molecule has 8 nitrogen and oxygen atoms in total. The van der Waals surface area contributed by atoms with Crippen molar-refractivity contribution in [3.8, 4) is 11.6 Å². The first kappa shape index (κ1) is 19.5. The third-order valence-corrected chi connectivity index (χ3v) is 5.19. The third kappa shape index (κ3) is 3.71. The summed E-state index contributed by atoms with van der Waals surface area (Å²) in [6.07, 6.45) is 0.905. The van der Waals surface area contributed by atoms with Crippen LogP contribution in [0.25, 0.3) is 0 Å². The van der Waals surface area contributed by atoms with Crippen molar-refractivity contribution in [2.75, 3.05) is 7.11 Å². The molecular formula is C22H22N4O4. The monoisotopic (exact) mass is 406 g/mol. The fourth-order valence-electron chi connectivity index (χ4n) is 3.65. The van der Waals surface area contributed by atoms with Crippen molar-refractivity contribution in [2.24, 2.45) is 5.10 Å². The minimum atomic E-state index is -0.658. The van der Waals surface area contributed by atoms with Gasteiger partial charge in [0.1, 0.15) is 11.3 Å². The Bertz CT molecular complexity index is 1200. The molecule has 1 aliphatic rings. The van der Waals surface area contributed by atoms with Gasteiger partial charge in [0.05, 0.1) is 18.9 Å². The third-order valence-electron chi connectivity index (χ3n) is 5.19. The predicted octanol–water partition coefficient (Wildman–Crippen LogP) is 1.93. The van der Waals surface area contributed by atoms with Crippen molar-refractivity contribution in [3.63, 3.8) is 0 Å². The minimum Gasteiger partial charge on any atom is -0.496 e. The van der Waals surface area contributed by atoms with E-state index in [1.165, 1.54) is 4.57 Å². The van der Waals surface area contributed by atoms with E-state index in [4.69, 9.17) is 4.74 Å². The van der Waals surface area contributed by atoms with E-state index in [9.17, 15) is 14.7 Å². The number of para-hydroxylation sites is 1. The molecule has 8 heteroatoms. The zero-order valence-corrected chi connectivity index (χ0v) is 16.5. The molecule has 1 atom stereocenters. The first-order chi connectivity index (χ1) is 14.6. The number of aromatic hydroxyl groups is 1. The lowest BCUT2D eigenvalue weighted by Gasteiger charge is -2.14. The van der Waals surface area contributed by atoms with Gasteiger partial charge < -0.3 is 15.3 Å². The number of aromatic nitrogens is 2. The molecule has 0 fully saturated rings. The number of hydrogen-bond donors (Lipinski definition) is 3. The number of methoxy groups -OCH3 is 1. The zero-order chi connectivity index (χ0) is 21.1. The zero-order valence-electron chi connectivity index (χ0n) is 16.5. The Morgan fingerprint density at radius 1 is 1.13 bits per heavy atom. The average Bonchev–Trinajstić information content (AvgIpc) is 3.23. The molecule has 0 amide bonds. The molecule has 1 aromatic heterocycles. The van der Waals surface area contributed by atoms with Crippen molar-refractivity contribution < 1.29 is 9.84 Å². The Kier molecular flexibility index (Phi) is 5.38. The highest BCUT2D eigenvalue weighted by Crippen LogP contribution is 2.31. The van der Waals surface area contributed by atoms with Crippen LogP contribution in [-0.4, -0.2) is 27.5 Å². The average molecular weight is 406 g/mol. The number of nitrogens with zero attached hydrogens (tertiary/aromatic N) is 2. The molecule has 30 heavy (non-hydrogen) atoms. The maximum absolute atomic E-state index is 12.5. The summed E-state index contributed by atoms with van der Waals surface area (Å²) in [5.41, 5.74) is 4.00. The number of nitrogens with one attached hydrogen (secondary N) is 2. The molecule has 0 saturated carbocycles. The number of aromatic amines is 1. The Labute approximate surface area is 172 Å². The number of benzene rings is 2. The van der Waals surface area contributed by atoms with Crippen LogP contribution in [0, 0.1) is 0 Å². The van der Waals surface area contributed by atoms with Gasteiger partial charge >= 0.3 is 5.69 Å². The first-order valence-electron chi connectivity index (χ1n) is 9.64. The lowest BCUT2D eigenvalue weighted by Crippen LogP contribution is -2.34. The fourth-order valence-corrected chi connectivity index (χ4v) is 3.65. The van der Waals surface area contributed by atoms with Crippen molar-refractivity contribution in [2.45, 2.75) is 25.4 Å². The van der Waals surface area contributed by atoms with Crippen molar-refractivity contribution >= 4 is 5.71 Å². The summed E-state index contributed by atoms with van der Waals surface area (Å²) in [6.45, 7) is 0.231. The highest BCUT2D eigenvalue weighted by molar-refractivity contribution is 6.03. The number of H-pyrrole nitrogens is 1. The maximum Gasteiger partial charge on any atom is 0.331 e. The molecule has 0 spiro atoms. The van der Waals surface area contributed by atoms with Gasteiger partial charge in [-0.1, -0.05) is 48.5 Å². The van der Waals surface area contributed by atoms with E-state index in [-0.39, 0.29) is 24.0 Å². The Morgan fingerprint density at radius 3 is 2.63 bits per heavy atom. The van der Waals surface area contributed by atoms with Gasteiger partial charge in [-0.2, -0.15) is 5.10 Å². The largest absolute Gasteiger partial charge is 0.496 e. The molecule has 2 aromatic carbocycles. The number of rotatable bonds is 6. The van der Waals surface area contributed by atoms with Crippen LogP contribution in [-0.2, 0) is 13.0 Å². The van der Waals surface area contributed by atoms with Crippen LogP contribution in [0.1, 0.15) is 29.2 Å². The number of aryl methyl sites for hydroxylation is 1. The Hall–Kier alpha value is -3.81. The lowest BCUT2D eigenvalue weighted by atomic mass is 9.99. The molecule has 0 aliphatic carbocycles. The summed E-state index contributed by atoms with van der Waals surface area (Å²) >= 11 is 0. The van der Waals surface area contributed by atoms with E-state index in [0.717, 1.165) is 11.1 Å². The number of hydrazone groups is 1. The molecular weight excluding hydrogens is 384 g/mol. The van der Waals surface area contributed by atoms with E-state index < -0.39 is 11.2 Å². The lowest BCUT2D eigenvalue weighted by molar-refractivity contribution is 0.399. The molecule has 0 radical (unpaired) electrons. The quantitative estimate of drug-likeness (QED) is 0.580. The molecule has 1 aliphatic heterocycles. The van der Waals surface area contributed by atoms with Gasteiger partial charge in [0.15, 0.2) is 0 Å². The van der Waals surface area contributed by atoms with Crippen molar-refractivity contribution in [1.82, 2.24) is 15.0 Å². The second-order valence-corrected chi connectivity index (χ2v) is 7.03. The summed E-state index contributed by atoms with van der Waals surface area (Å²) in [4.78, 5) is 27.1. The van der Waals surface area contributed by atoms with Gasteiger partial charge in [-0.05, 0) is 18.1 Å². The Morgan fingerprint density at radius 2 is 1.87 bits per heavy atom. The smallest absolute Gasteiger partial charge is 0.331 e. The number of ether oxygens (including phenoxy) is 1. The molecule has 2 heterocycles. The van der Waals surface area contributed by atoms with E-state index >= 15 is 0 Å². The van der Waals surface area contributed by atoms with E-state index in [2.05, 4.69) is 15.5 Å². The van der Waals surface area contributed by atoms with Crippen LogP contribution in [0.2, 0.25) is 0 Å². The van der Waals surface area contributed by atoms with Crippen molar-refractivity contribution in [1.29, 1.82) is 0 Å². The van der Waals surface area contributed by atoms with Gasteiger partial charge in [0.25, 0.3) is 5.56 Å². The SMILES string of the molecule is COc1ccccc1[C@@H]1CC(c2c(O)n(CCc3ccccc3)c(=O)[nH]c2=O)=NN1. The first-order valence-corrected chi connectivity index (χ1v) is 9.64. The summed E-state index contributed by atoms with van der Waals surface area (Å²) < 4.78 is 6.57. The Balaban J connectivity index is 1.62. The second kappa shape index (κ2) is 8.28. The molecule has 0 bridgehead atoms. The highest BCUT2D eigenvalue weighted by atomic mass is 16.5. The van der Waals surface area contributed by atoms with Crippen LogP contribution in [0.3, 0.4) is 0 Å². The fraction of sp³-hybridized carbons (Fsp3) is 0.227. The van der Waals surface area contributed by atoms with Crippen molar-refractivity contribution in [3.05, 3.63) is 92.1 Å². The number of hydrogen-bond acceptors (Lipinski definition) is 6. The van der Waals surface area contributed by atoms with Crippen LogP contribution in [0.4, 0.5) is 0 Å². The molecule has 0 unspecified atom stereocenters.